The van der Waals surface area contributed by atoms with Gasteiger partial charge in [0, 0.05) is 49.7 Å². The van der Waals surface area contributed by atoms with Gasteiger partial charge in [0.05, 0.1) is 25.3 Å². The molecule has 2 saturated heterocycles. The lowest BCUT2D eigenvalue weighted by molar-refractivity contribution is -0.214. The Labute approximate surface area is 327 Å². The summed E-state index contributed by atoms with van der Waals surface area (Å²) >= 11 is 0. The zero-order chi connectivity index (χ0) is 40.3. The van der Waals surface area contributed by atoms with Crippen LogP contribution in [0.3, 0.4) is 0 Å². The summed E-state index contributed by atoms with van der Waals surface area (Å²) in [4.78, 5) is 48.1. The average molecular weight is 785 g/mol. The number of benzene rings is 2. The summed E-state index contributed by atoms with van der Waals surface area (Å²) in [5.74, 6) is -0.520. The second-order valence-electron chi connectivity index (χ2n) is 14.0. The number of rotatable bonds is 16. The van der Waals surface area contributed by atoms with Crippen molar-refractivity contribution in [3.8, 4) is 22.8 Å². The van der Waals surface area contributed by atoms with Gasteiger partial charge in [0.1, 0.15) is 54.1 Å². The molecule has 2 aromatic carbocycles. The molecular formula is C39H44N8O10. The van der Waals surface area contributed by atoms with Gasteiger partial charge in [0.25, 0.3) is 0 Å². The van der Waals surface area contributed by atoms with E-state index in [2.05, 4.69) is 20.7 Å². The Bertz CT molecular complexity index is 2230. The molecule has 5 aromatic rings. The van der Waals surface area contributed by atoms with Crippen molar-refractivity contribution in [2.45, 2.75) is 69.9 Å². The number of anilines is 1. The molecule has 2 aliphatic heterocycles. The van der Waals surface area contributed by atoms with E-state index < -0.39 is 48.6 Å². The topological polar surface area (TPSA) is 203 Å². The van der Waals surface area contributed by atoms with Gasteiger partial charge in [-0.25, -0.2) is 19.6 Å². The van der Waals surface area contributed by atoms with Crippen LogP contribution in [0.5, 0.6) is 11.5 Å². The van der Waals surface area contributed by atoms with Crippen LogP contribution in [0.1, 0.15) is 37.6 Å². The number of aromatic nitrogens is 5. The van der Waals surface area contributed by atoms with E-state index in [-0.39, 0.29) is 19.6 Å². The number of nitrogens with zero attached hydrogens (tertiary/aromatic N) is 6. The van der Waals surface area contributed by atoms with Gasteiger partial charge >= 0.3 is 12.1 Å². The molecule has 0 radical (unpaired) electrons. The monoisotopic (exact) mass is 784 g/mol. The molecule has 2 fully saturated rings. The standard InChI is InChI=1S/C39H44N8O10/c1-39(2)56-31-32(57-39)36(55-35(31)46(22-48)16-14-28(37(49)50)43-38(51)54-20-23-9-7-6-8-10-23)47-19-26(27-13-15-45(3)44-27)30-33(41-21-42-34(30)47)40-18-24-11-12-25(52-4)17-29(24)53-5/h6-13,15,17,19,21-22,28,31-32,35-36H,14,16,18,20H2,1-5H3,(H,43,51)(H,49,50)(H,40,41,42)/t28-,31-,32+,35-,36+/m0/s1. The summed E-state index contributed by atoms with van der Waals surface area (Å²) in [6.07, 6.45) is 1.26. The van der Waals surface area contributed by atoms with E-state index in [9.17, 15) is 19.5 Å². The number of aryl methyl sites for hydroxylation is 1. The molecule has 2 aliphatic rings. The molecule has 18 heteroatoms. The van der Waals surface area contributed by atoms with Crippen LogP contribution in [0.2, 0.25) is 0 Å². The fraction of sp³-hybridized carbons (Fsp3) is 0.385. The fourth-order valence-corrected chi connectivity index (χ4v) is 7.07. The molecule has 0 aliphatic carbocycles. The molecule has 0 spiro atoms. The Balaban J connectivity index is 1.16. The molecule has 300 valence electrons. The summed E-state index contributed by atoms with van der Waals surface area (Å²) in [6, 6.07) is 15.1. The predicted molar refractivity (Wildman–Crippen MR) is 203 cm³/mol. The van der Waals surface area contributed by atoms with Gasteiger partial charge in [-0.2, -0.15) is 5.10 Å². The summed E-state index contributed by atoms with van der Waals surface area (Å²) in [7, 11) is 5.01. The van der Waals surface area contributed by atoms with Crippen LogP contribution < -0.4 is 20.1 Å². The quantitative estimate of drug-likeness (QED) is 0.121. The van der Waals surface area contributed by atoms with Crippen molar-refractivity contribution in [2.75, 3.05) is 26.1 Å². The highest BCUT2D eigenvalue weighted by atomic mass is 16.8. The molecule has 3 N–H and O–H groups in total. The number of carbonyl (C=O) groups excluding carboxylic acids is 2. The van der Waals surface area contributed by atoms with E-state index in [1.807, 2.05) is 48.3 Å². The zero-order valence-corrected chi connectivity index (χ0v) is 32.0. The molecule has 0 saturated carbocycles. The third kappa shape index (κ3) is 8.33. The van der Waals surface area contributed by atoms with Crippen molar-refractivity contribution in [3.05, 3.63) is 84.4 Å². The molecule has 18 nitrogen and oxygen atoms in total. The van der Waals surface area contributed by atoms with Crippen LogP contribution in [-0.2, 0) is 48.7 Å². The smallest absolute Gasteiger partial charge is 0.408 e. The first kappa shape index (κ1) is 39.0. The maximum absolute atomic E-state index is 12.7. The number of carboxylic acid groups (broad SMARTS) is 1. The van der Waals surface area contributed by atoms with Crippen LogP contribution in [0.25, 0.3) is 22.3 Å². The predicted octanol–water partition coefficient (Wildman–Crippen LogP) is 4.06. The number of methoxy groups -OCH3 is 2. The molecule has 0 unspecified atom stereocenters. The van der Waals surface area contributed by atoms with E-state index in [1.54, 1.807) is 63.1 Å². The maximum Gasteiger partial charge on any atom is 0.408 e. The van der Waals surface area contributed by atoms with Crippen LogP contribution in [0, 0.1) is 0 Å². The molecule has 2 amide bonds. The lowest BCUT2D eigenvalue weighted by atomic mass is 10.1. The second-order valence-corrected chi connectivity index (χ2v) is 14.0. The Morgan fingerprint density at radius 2 is 1.86 bits per heavy atom. The Morgan fingerprint density at radius 1 is 1.07 bits per heavy atom. The van der Waals surface area contributed by atoms with Gasteiger partial charge in [-0.3, -0.25) is 9.48 Å². The fourth-order valence-electron chi connectivity index (χ4n) is 7.07. The van der Waals surface area contributed by atoms with Crippen molar-refractivity contribution >= 4 is 35.3 Å². The number of amides is 2. The lowest BCUT2D eigenvalue weighted by Crippen LogP contribution is -2.47. The number of hydrogen-bond donors (Lipinski definition) is 3. The number of alkyl carbamates (subject to hydrolysis) is 1. The largest absolute Gasteiger partial charge is 0.497 e. The van der Waals surface area contributed by atoms with Gasteiger partial charge in [0.15, 0.2) is 18.2 Å². The van der Waals surface area contributed by atoms with E-state index in [4.69, 9.17) is 33.4 Å². The van der Waals surface area contributed by atoms with Gasteiger partial charge in [0.2, 0.25) is 6.41 Å². The molecule has 0 bridgehead atoms. The maximum atomic E-state index is 12.7. The highest BCUT2D eigenvalue weighted by molar-refractivity contribution is 6.00. The number of ether oxygens (including phenoxy) is 6. The van der Waals surface area contributed by atoms with E-state index >= 15 is 0 Å². The average Bonchev–Trinajstić information content (AvgIpc) is 3.97. The number of aliphatic carboxylic acids is 1. The van der Waals surface area contributed by atoms with Crippen LogP contribution in [0.15, 0.2) is 73.3 Å². The van der Waals surface area contributed by atoms with E-state index in [0.29, 0.717) is 52.6 Å². The molecule has 7 rings (SSSR count). The van der Waals surface area contributed by atoms with Gasteiger partial charge in [-0.05, 0) is 44.0 Å². The number of nitrogens with one attached hydrogen (secondary N) is 2. The highest BCUT2D eigenvalue weighted by Gasteiger charge is 2.58. The minimum atomic E-state index is -1.37. The lowest BCUT2D eigenvalue weighted by Gasteiger charge is -2.30. The van der Waals surface area contributed by atoms with Crippen LogP contribution in [0.4, 0.5) is 10.6 Å². The number of carbonyl (C=O) groups is 3. The molecule has 5 atom stereocenters. The molecular weight excluding hydrogens is 740 g/mol. The summed E-state index contributed by atoms with van der Waals surface area (Å²) in [5.41, 5.74) is 3.46. The first-order valence-electron chi connectivity index (χ1n) is 18.2. The van der Waals surface area contributed by atoms with Crippen molar-refractivity contribution in [1.82, 2.24) is 34.5 Å². The number of fused-ring (bicyclic) bond motifs is 2. The zero-order valence-electron chi connectivity index (χ0n) is 32.0. The summed E-state index contributed by atoms with van der Waals surface area (Å²) in [5, 5.41) is 21.1. The number of hydrogen-bond acceptors (Lipinski definition) is 13. The first-order chi connectivity index (χ1) is 27.5. The minimum Gasteiger partial charge on any atom is -0.497 e. The molecule has 57 heavy (non-hydrogen) atoms. The van der Waals surface area contributed by atoms with Gasteiger partial charge in [-0.1, -0.05) is 30.3 Å². The minimum absolute atomic E-state index is 0.0387. The third-order valence-corrected chi connectivity index (χ3v) is 9.76. The van der Waals surface area contributed by atoms with Crippen molar-refractivity contribution in [2.24, 2.45) is 7.05 Å². The van der Waals surface area contributed by atoms with Crippen molar-refractivity contribution in [1.29, 1.82) is 0 Å². The Hall–Kier alpha value is -6.24. The Kier molecular flexibility index (Phi) is 11.3. The number of carboxylic acids is 1. The normalized spacial score (nSPS) is 20.1. The SMILES string of the molecule is COc1ccc(CNc2ncnc3c2c(-c2ccn(C)n2)cn3[C@@H]2O[C@H](N(C=O)CC[C@H](NC(=O)OCc3ccccc3)C(=O)O)[C@H]3OC(C)(C)O[C@H]32)c(OC)c1. The third-order valence-electron chi connectivity index (χ3n) is 9.76. The van der Waals surface area contributed by atoms with Crippen LogP contribution in [-0.4, -0.2) is 104 Å². The van der Waals surface area contributed by atoms with Gasteiger partial charge in [-0.15, -0.1) is 0 Å². The van der Waals surface area contributed by atoms with E-state index in [0.717, 1.165) is 11.1 Å². The Morgan fingerprint density at radius 3 is 2.56 bits per heavy atom. The van der Waals surface area contributed by atoms with Crippen LogP contribution >= 0.6 is 0 Å². The van der Waals surface area contributed by atoms with Gasteiger partial charge < -0.3 is 53.6 Å². The summed E-state index contributed by atoms with van der Waals surface area (Å²) in [6.45, 7) is 3.74. The van der Waals surface area contributed by atoms with E-state index in [1.165, 1.54) is 11.2 Å². The second kappa shape index (κ2) is 16.5. The van der Waals surface area contributed by atoms with Crippen molar-refractivity contribution in [3.63, 3.8) is 0 Å². The first-order valence-corrected chi connectivity index (χ1v) is 18.2. The highest BCUT2D eigenvalue weighted by Crippen LogP contribution is 2.46. The molecule has 3 aromatic heterocycles. The van der Waals surface area contributed by atoms with Crippen molar-refractivity contribution < 1.29 is 47.9 Å². The summed E-state index contributed by atoms with van der Waals surface area (Å²) < 4.78 is 39.1. The molecule has 5 heterocycles.